The zero-order valence-electron chi connectivity index (χ0n) is 12.6. The van der Waals surface area contributed by atoms with E-state index < -0.39 is 22.0 Å². The molecule has 1 saturated heterocycles. The van der Waals surface area contributed by atoms with E-state index in [-0.39, 0.29) is 12.0 Å². The molecule has 0 aromatic heterocycles. The van der Waals surface area contributed by atoms with Crippen molar-refractivity contribution in [2.75, 3.05) is 0 Å². The van der Waals surface area contributed by atoms with E-state index in [9.17, 15) is 13.2 Å². The van der Waals surface area contributed by atoms with E-state index >= 15 is 0 Å². The summed E-state index contributed by atoms with van der Waals surface area (Å²) in [7, 11) is -3.74. The van der Waals surface area contributed by atoms with Crippen LogP contribution in [0.3, 0.4) is 0 Å². The van der Waals surface area contributed by atoms with Crippen LogP contribution in [0.25, 0.3) is 6.08 Å². The number of rotatable bonds is 4. The Hall–Kier alpha value is -1.70. The van der Waals surface area contributed by atoms with Crippen molar-refractivity contribution < 1.29 is 18.4 Å². The monoisotopic (exact) mass is 336 g/mol. The molecule has 1 heterocycles. The van der Waals surface area contributed by atoms with Gasteiger partial charge in [-0.25, -0.2) is 13.9 Å². The second kappa shape index (κ2) is 6.43. The van der Waals surface area contributed by atoms with Crippen LogP contribution in [-0.2, 0) is 14.8 Å². The lowest BCUT2D eigenvalue weighted by Gasteiger charge is -2.26. The first-order valence-corrected chi connectivity index (χ1v) is 9.24. The van der Waals surface area contributed by atoms with Crippen LogP contribution in [0.15, 0.2) is 35.7 Å². The minimum atomic E-state index is -3.74. The van der Waals surface area contributed by atoms with Crippen LogP contribution in [0.1, 0.15) is 31.2 Å². The van der Waals surface area contributed by atoms with E-state index in [1.807, 2.05) is 30.3 Å². The van der Waals surface area contributed by atoms with Crippen molar-refractivity contribution in [1.29, 1.82) is 0 Å². The van der Waals surface area contributed by atoms with Gasteiger partial charge in [-0.1, -0.05) is 36.8 Å². The summed E-state index contributed by atoms with van der Waals surface area (Å²) in [5.41, 5.74) is 2.38. The number of nitrogens with zero attached hydrogens (tertiary/aromatic N) is 1. The first-order chi connectivity index (χ1) is 11.0. The third kappa shape index (κ3) is 3.17. The lowest BCUT2D eigenvalue weighted by Crippen LogP contribution is -2.47. The van der Waals surface area contributed by atoms with Crippen molar-refractivity contribution in [2.24, 2.45) is 5.92 Å². The van der Waals surface area contributed by atoms with Gasteiger partial charge in [0.2, 0.25) is 10.0 Å². The van der Waals surface area contributed by atoms with Crippen molar-refractivity contribution >= 4 is 22.0 Å². The third-order valence-corrected chi connectivity index (χ3v) is 6.31. The molecule has 1 aliphatic carbocycles. The first kappa shape index (κ1) is 16.2. The van der Waals surface area contributed by atoms with Crippen LogP contribution in [0, 0.1) is 5.92 Å². The summed E-state index contributed by atoms with van der Waals surface area (Å²) in [4.78, 5) is 11.9. The third-order valence-electron chi connectivity index (χ3n) is 4.72. The first-order valence-electron chi connectivity index (χ1n) is 7.73. The molecule has 2 aliphatic rings. The molecule has 2 N–H and O–H groups in total. The molecule has 3 rings (SSSR count). The predicted molar refractivity (Wildman–Crippen MR) is 85.7 cm³/mol. The molecule has 124 valence electrons. The molecule has 3 atom stereocenters. The highest BCUT2D eigenvalue weighted by Crippen LogP contribution is 2.43. The number of nitrogens with one attached hydrogen (secondary N) is 1. The molecule has 0 bridgehead atoms. The van der Waals surface area contributed by atoms with Crippen LogP contribution in [-0.4, -0.2) is 35.9 Å². The summed E-state index contributed by atoms with van der Waals surface area (Å²) < 4.78 is 26.8. The van der Waals surface area contributed by atoms with Gasteiger partial charge in [-0.15, -0.1) is 0 Å². The van der Waals surface area contributed by atoms with E-state index in [2.05, 4.69) is 0 Å². The number of carbonyl (C=O) groups is 1. The molecule has 1 saturated carbocycles. The van der Waals surface area contributed by atoms with E-state index in [0.29, 0.717) is 6.42 Å². The fourth-order valence-electron chi connectivity index (χ4n) is 3.71. The fraction of sp³-hybridized carbons (Fsp3) is 0.438. The predicted octanol–water partition coefficient (Wildman–Crippen LogP) is 1.74. The molecule has 0 spiro atoms. The Morgan fingerprint density at radius 2 is 2.00 bits per heavy atom. The largest absolute Gasteiger partial charge is 0.289 e. The number of carbonyl (C=O) groups excluding carboxylic acids is 1. The van der Waals surface area contributed by atoms with Crippen molar-refractivity contribution in [2.45, 2.75) is 37.8 Å². The second-order valence-corrected chi connectivity index (χ2v) is 7.80. The van der Waals surface area contributed by atoms with Gasteiger partial charge in [0.05, 0.1) is 0 Å². The van der Waals surface area contributed by atoms with Gasteiger partial charge in [-0.3, -0.25) is 10.0 Å². The lowest BCUT2D eigenvalue weighted by atomic mass is 10.0. The molecule has 0 unspecified atom stereocenters. The van der Waals surface area contributed by atoms with Gasteiger partial charge < -0.3 is 0 Å². The Kier molecular flexibility index (Phi) is 4.52. The normalized spacial score (nSPS) is 28.1. The maximum Gasteiger partial charge on any atom is 0.261 e. The Balaban J connectivity index is 1.89. The highest BCUT2D eigenvalue weighted by molar-refractivity contribution is 7.92. The summed E-state index contributed by atoms with van der Waals surface area (Å²) in [6, 6.07) is 8.16. The van der Waals surface area contributed by atoms with Gasteiger partial charge in [0.1, 0.15) is 6.04 Å². The Morgan fingerprint density at radius 3 is 2.70 bits per heavy atom. The smallest absolute Gasteiger partial charge is 0.261 e. The molecule has 23 heavy (non-hydrogen) atoms. The van der Waals surface area contributed by atoms with Crippen LogP contribution < -0.4 is 5.48 Å². The standard InChI is InChI=1S/C16H20N2O4S/c19-16(17-20)15-11-13-7-4-8-14(13)18(15)23(21,22)10-9-12-5-2-1-3-6-12/h1-3,5-6,9-10,13-15,20H,4,7-8,11H2,(H,17,19)/b10-9+/t13-,14-,15-/m1/s1. The quantitative estimate of drug-likeness (QED) is 0.648. The van der Waals surface area contributed by atoms with E-state index in [1.165, 1.54) is 10.4 Å². The van der Waals surface area contributed by atoms with Crippen molar-refractivity contribution in [1.82, 2.24) is 9.79 Å². The number of hydroxylamine groups is 1. The van der Waals surface area contributed by atoms with Crippen LogP contribution in [0.2, 0.25) is 0 Å². The number of sulfonamides is 1. The Morgan fingerprint density at radius 1 is 1.26 bits per heavy atom. The SMILES string of the molecule is O=C(NO)[C@H]1C[C@H]2CCC[C@H]2N1S(=O)(=O)/C=C/c1ccccc1. The molecule has 0 radical (unpaired) electrons. The van der Waals surface area contributed by atoms with Gasteiger partial charge >= 0.3 is 0 Å². The average Bonchev–Trinajstić information content (AvgIpc) is 3.13. The average molecular weight is 336 g/mol. The van der Waals surface area contributed by atoms with Gasteiger partial charge in [0.25, 0.3) is 5.91 Å². The number of amides is 1. The minimum Gasteiger partial charge on any atom is -0.289 e. The summed E-state index contributed by atoms with van der Waals surface area (Å²) in [5, 5.41) is 10.1. The zero-order chi connectivity index (χ0) is 16.4. The lowest BCUT2D eigenvalue weighted by molar-refractivity contribution is -0.132. The maximum atomic E-state index is 12.8. The number of benzene rings is 1. The fourth-order valence-corrected chi connectivity index (χ4v) is 5.37. The van der Waals surface area contributed by atoms with Gasteiger partial charge in [-0.05, 0) is 36.8 Å². The number of fused-ring (bicyclic) bond motifs is 1. The van der Waals surface area contributed by atoms with Gasteiger partial charge in [-0.2, -0.15) is 4.31 Å². The molecule has 1 aliphatic heterocycles. The van der Waals surface area contributed by atoms with E-state index in [1.54, 1.807) is 5.48 Å². The summed E-state index contributed by atoms with van der Waals surface area (Å²) in [5.74, 6) is -0.465. The van der Waals surface area contributed by atoms with Gasteiger partial charge in [0, 0.05) is 11.4 Å². The summed E-state index contributed by atoms with van der Waals surface area (Å²) >= 11 is 0. The zero-order valence-corrected chi connectivity index (χ0v) is 13.4. The molecule has 2 fully saturated rings. The Labute approximate surface area is 135 Å². The Bertz CT molecular complexity index is 702. The molecule has 6 nitrogen and oxygen atoms in total. The summed E-state index contributed by atoms with van der Waals surface area (Å²) in [6.45, 7) is 0. The summed E-state index contributed by atoms with van der Waals surface area (Å²) in [6.07, 6.45) is 4.66. The molecule has 1 amide bonds. The van der Waals surface area contributed by atoms with Gasteiger partial charge in [0.15, 0.2) is 0 Å². The van der Waals surface area contributed by atoms with Crippen molar-refractivity contribution in [3.05, 3.63) is 41.3 Å². The highest BCUT2D eigenvalue weighted by atomic mass is 32.2. The maximum absolute atomic E-state index is 12.8. The number of hydrogen-bond donors (Lipinski definition) is 2. The molecular formula is C16H20N2O4S. The number of hydrogen-bond acceptors (Lipinski definition) is 4. The minimum absolute atomic E-state index is 0.150. The van der Waals surface area contributed by atoms with Crippen molar-refractivity contribution in [3.63, 3.8) is 0 Å². The topological polar surface area (TPSA) is 86.7 Å². The van der Waals surface area contributed by atoms with E-state index in [4.69, 9.17) is 5.21 Å². The van der Waals surface area contributed by atoms with Crippen LogP contribution >= 0.6 is 0 Å². The highest BCUT2D eigenvalue weighted by Gasteiger charge is 2.51. The van der Waals surface area contributed by atoms with Crippen molar-refractivity contribution in [3.8, 4) is 0 Å². The second-order valence-electron chi connectivity index (χ2n) is 6.07. The molecule has 7 heteroatoms. The molecular weight excluding hydrogens is 316 g/mol. The van der Waals surface area contributed by atoms with E-state index in [0.717, 1.165) is 30.2 Å². The molecule has 1 aromatic rings. The molecule has 1 aromatic carbocycles. The van der Waals surface area contributed by atoms with Crippen LogP contribution in [0.5, 0.6) is 0 Å². The van der Waals surface area contributed by atoms with Crippen LogP contribution in [0.4, 0.5) is 0 Å².